The number of nitro benzene ring substituents is 1. The van der Waals surface area contributed by atoms with E-state index in [1.165, 1.54) is 24.3 Å². The second kappa shape index (κ2) is 6.01. The van der Waals surface area contributed by atoms with Crippen LogP contribution in [0.2, 0.25) is 0 Å². The summed E-state index contributed by atoms with van der Waals surface area (Å²) in [5.74, 6) is -0.374. The molecule has 1 atom stereocenters. The number of anilines is 1. The molecule has 0 aliphatic carbocycles. The van der Waals surface area contributed by atoms with Crippen LogP contribution in [0.15, 0.2) is 42.5 Å². The molecule has 0 saturated carbocycles. The van der Waals surface area contributed by atoms with E-state index >= 15 is 0 Å². The summed E-state index contributed by atoms with van der Waals surface area (Å²) in [7, 11) is 0. The Morgan fingerprint density at radius 2 is 2.05 bits per heavy atom. The normalized spacial score (nSPS) is 11.5. The third kappa shape index (κ3) is 3.15. The lowest BCUT2D eigenvalue weighted by atomic mass is 10.1. The molecule has 1 N–H and O–H groups in total. The first-order valence-electron chi connectivity index (χ1n) is 6.22. The minimum atomic E-state index is -0.598. The number of nitrogens with one attached hydrogen (secondary N) is 1. The van der Waals surface area contributed by atoms with Crippen LogP contribution < -0.4 is 5.32 Å². The van der Waals surface area contributed by atoms with Crippen LogP contribution in [0.3, 0.4) is 0 Å². The van der Waals surface area contributed by atoms with E-state index < -0.39 is 4.92 Å². The second-order valence-electron chi connectivity index (χ2n) is 4.49. The Hall–Kier alpha value is -2.94. The molecule has 2 rings (SSSR count). The van der Waals surface area contributed by atoms with Gasteiger partial charge in [-0.15, -0.1) is 0 Å². The van der Waals surface area contributed by atoms with Gasteiger partial charge in [0.1, 0.15) is 23.1 Å². The average molecular weight is 285 g/mol. The van der Waals surface area contributed by atoms with Crippen molar-refractivity contribution in [2.24, 2.45) is 0 Å². The summed E-state index contributed by atoms with van der Waals surface area (Å²) in [4.78, 5) is 10.5. The van der Waals surface area contributed by atoms with Gasteiger partial charge in [0.25, 0.3) is 0 Å². The van der Waals surface area contributed by atoms with Crippen molar-refractivity contribution in [1.29, 1.82) is 5.26 Å². The van der Waals surface area contributed by atoms with E-state index in [-0.39, 0.29) is 28.8 Å². The van der Waals surface area contributed by atoms with Crippen molar-refractivity contribution >= 4 is 11.4 Å². The van der Waals surface area contributed by atoms with Crippen LogP contribution in [-0.4, -0.2) is 4.92 Å². The third-order valence-electron chi connectivity index (χ3n) is 3.06. The maximum atomic E-state index is 13.2. The van der Waals surface area contributed by atoms with Crippen LogP contribution in [-0.2, 0) is 0 Å². The highest BCUT2D eigenvalue weighted by atomic mass is 19.1. The summed E-state index contributed by atoms with van der Waals surface area (Å²) in [6, 6.07) is 11.9. The molecular weight excluding hydrogens is 273 g/mol. The lowest BCUT2D eigenvalue weighted by Gasteiger charge is -2.16. The van der Waals surface area contributed by atoms with Crippen molar-refractivity contribution in [3.05, 3.63) is 69.5 Å². The van der Waals surface area contributed by atoms with Crippen LogP contribution in [0.25, 0.3) is 0 Å². The molecule has 106 valence electrons. The predicted octanol–water partition coefficient (Wildman–Crippen LogP) is 3.78. The van der Waals surface area contributed by atoms with Gasteiger partial charge in [0.05, 0.1) is 4.92 Å². The van der Waals surface area contributed by atoms with E-state index in [1.54, 1.807) is 31.2 Å². The first kappa shape index (κ1) is 14.5. The molecule has 21 heavy (non-hydrogen) atoms. The fraction of sp³-hybridized carbons (Fsp3) is 0.133. The zero-order chi connectivity index (χ0) is 15.4. The van der Waals surface area contributed by atoms with Gasteiger partial charge in [0.2, 0.25) is 0 Å². The first-order valence-corrected chi connectivity index (χ1v) is 6.22. The van der Waals surface area contributed by atoms with Gasteiger partial charge in [-0.3, -0.25) is 10.1 Å². The first-order chi connectivity index (χ1) is 10.0. The number of halogens is 1. The molecule has 0 spiro atoms. The summed E-state index contributed by atoms with van der Waals surface area (Å²) < 4.78 is 13.2. The molecule has 2 aromatic rings. The summed E-state index contributed by atoms with van der Waals surface area (Å²) in [5.41, 5.74) is 0.599. The fourth-order valence-electron chi connectivity index (χ4n) is 2.04. The van der Waals surface area contributed by atoms with Gasteiger partial charge in [0, 0.05) is 6.04 Å². The molecule has 0 radical (unpaired) electrons. The van der Waals surface area contributed by atoms with Crippen LogP contribution in [0, 0.1) is 27.3 Å². The summed E-state index contributed by atoms with van der Waals surface area (Å²) in [6.45, 7) is 1.76. The number of rotatable bonds is 4. The number of nitrogens with zero attached hydrogens (tertiary/aromatic N) is 2. The quantitative estimate of drug-likeness (QED) is 0.685. The topological polar surface area (TPSA) is 79.0 Å². The Bertz CT molecular complexity index is 725. The maximum Gasteiger partial charge on any atom is 0.309 e. The highest BCUT2D eigenvalue weighted by Gasteiger charge is 2.21. The number of nitriles is 1. The van der Waals surface area contributed by atoms with E-state index in [0.717, 1.165) is 0 Å². The highest BCUT2D eigenvalue weighted by molar-refractivity contribution is 5.69. The zero-order valence-corrected chi connectivity index (χ0v) is 11.2. The van der Waals surface area contributed by atoms with E-state index in [0.29, 0.717) is 5.56 Å². The number of benzene rings is 2. The minimum absolute atomic E-state index is 0.0172. The Morgan fingerprint density at radius 3 is 2.67 bits per heavy atom. The summed E-state index contributed by atoms with van der Waals surface area (Å²) >= 11 is 0. The maximum absolute atomic E-state index is 13.2. The largest absolute Gasteiger partial charge is 0.373 e. The molecule has 1 unspecified atom stereocenters. The molecule has 6 heteroatoms. The van der Waals surface area contributed by atoms with Crippen LogP contribution in [0.4, 0.5) is 15.8 Å². The fourth-order valence-corrected chi connectivity index (χ4v) is 2.04. The van der Waals surface area contributed by atoms with Crippen LogP contribution in [0.1, 0.15) is 24.1 Å². The Labute approximate surface area is 120 Å². The number of hydrogen-bond acceptors (Lipinski definition) is 4. The Morgan fingerprint density at radius 1 is 1.33 bits per heavy atom. The molecule has 0 aromatic heterocycles. The number of hydrogen-bond donors (Lipinski definition) is 1. The van der Waals surface area contributed by atoms with Crippen molar-refractivity contribution in [2.45, 2.75) is 13.0 Å². The second-order valence-corrected chi connectivity index (χ2v) is 4.49. The smallest absolute Gasteiger partial charge is 0.309 e. The van der Waals surface area contributed by atoms with E-state index in [1.807, 2.05) is 0 Å². The van der Waals surface area contributed by atoms with Crippen molar-refractivity contribution in [3.8, 4) is 6.07 Å². The van der Waals surface area contributed by atoms with Crippen LogP contribution >= 0.6 is 0 Å². The molecule has 0 heterocycles. The zero-order valence-electron chi connectivity index (χ0n) is 11.2. The molecule has 0 aliphatic heterocycles. The van der Waals surface area contributed by atoms with Gasteiger partial charge < -0.3 is 5.32 Å². The van der Waals surface area contributed by atoms with E-state index in [4.69, 9.17) is 5.26 Å². The summed E-state index contributed by atoms with van der Waals surface area (Å²) in [5, 5.41) is 23.0. The van der Waals surface area contributed by atoms with Gasteiger partial charge in [-0.1, -0.05) is 18.2 Å². The molecule has 0 bridgehead atoms. The standard InChI is InChI=1S/C15H12FN3O2/c1-10(11-4-2-6-13(16)8-11)18-14-7-3-5-12(9-17)15(14)19(20)21/h2-8,10,18H,1H3. The predicted molar refractivity (Wildman–Crippen MR) is 76.2 cm³/mol. The lowest BCUT2D eigenvalue weighted by Crippen LogP contribution is -2.09. The van der Waals surface area contributed by atoms with Gasteiger partial charge in [-0.2, -0.15) is 5.26 Å². The van der Waals surface area contributed by atoms with Crippen molar-refractivity contribution in [3.63, 3.8) is 0 Å². The number of para-hydroxylation sites is 1. The SMILES string of the molecule is CC(Nc1cccc(C#N)c1[N+](=O)[O-])c1cccc(F)c1. The minimum Gasteiger partial charge on any atom is -0.373 e. The monoisotopic (exact) mass is 285 g/mol. The highest BCUT2D eigenvalue weighted by Crippen LogP contribution is 2.31. The van der Waals surface area contributed by atoms with Gasteiger partial charge in [0.15, 0.2) is 0 Å². The number of nitro groups is 1. The van der Waals surface area contributed by atoms with Crippen molar-refractivity contribution in [2.75, 3.05) is 5.32 Å². The molecule has 0 aliphatic rings. The molecule has 5 nitrogen and oxygen atoms in total. The van der Waals surface area contributed by atoms with Gasteiger partial charge in [-0.25, -0.2) is 4.39 Å². The molecular formula is C15H12FN3O2. The summed E-state index contributed by atoms with van der Waals surface area (Å²) in [6.07, 6.45) is 0. The van der Waals surface area contributed by atoms with Gasteiger partial charge in [-0.05, 0) is 36.8 Å². The van der Waals surface area contributed by atoms with Crippen molar-refractivity contribution < 1.29 is 9.31 Å². The van der Waals surface area contributed by atoms with Crippen molar-refractivity contribution in [1.82, 2.24) is 0 Å². The average Bonchev–Trinajstić information content (AvgIpc) is 2.46. The molecule has 2 aromatic carbocycles. The third-order valence-corrected chi connectivity index (χ3v) is 3.06. The van der Waals surface area contributed by atoms with Gasteiger partial charge >= 0.3 is 5.69 Å². The van der Waals surface area contributed by atoms with E-state index in [2.05, 4.69) is 5.32 Å². The molecule has 0 amide bonds. The Balaban J connectivity index is 2.36. The van der Waals surface area contributed by atoms with Crippen LogP contribution in [0.5, 0.6) is 0 Å². The lowest BCUT2D eigenvalue weighted by molar-refractivity contribution is -0.384. The van der Waals surface area contributed by atoms with E-state index in [9.17, 15) is 14.5 Å². The Kier molecular flexibility index (Phi) is 4.14. The molecule has 0 fully saturated rings. The molecule has 0 saturated heterocycles.